The highest BCUT2D eigenvalue weighted by molar-refractivity contribution is 8.00. The second-order valence-electron chi connectivity index (χ2n) is 9.28. The van der Waals surface area contributed by atoms with Crippen LogP contribution < -0.4 is 15.6 Å². The number of imidazole rings is 1. The molecule has 0 spiro atoms. The standard InChI is InChI=1S/C27H23N7O5S2/c28-27-29-18(15-41-27)20(31-39-13-16-6-2-1-3-7-16)23(35)30-21-24(36)34-22(26(37)38)17(14-40-25(21)34)12-33-11-10-32-9-5-4-8-19(32)33/h1-11,15,21,25H,12-14H2,(H3-,28,29,30,35,37,38)/p+1/b31-20-/t21-,25-/m1/s1. The Labute approximate surface area is 241 Å². The number of thioether (sulfide) groups is 1. The Morgan fingerprint density at radius 3 is 2.76 bits per heavy atom. The number of benzene rings is 1. The van der Waals surface area contributed by atoms with E-state index in [4.69, 9.17) is 10.6 Å². The minimum atomic E-state index is -1.19. The van der Waals surface area contributed by atoms with Crippen LogP contribution in [-0.2, 0) is 32.4 Å². The lowest BCUT2D eigenvalue weighted by Crippen LogP contribution is -2.71. The first-order chi connectivity index (χ1) is 19.9. The Morgan fingerprint density at radius 1 is 1.20 bits per heavy atom. The van der Waals surface area contributed by atoms with Crippen molar-refractivity contribution in [3.05, 3.63) is 95.0 Å². The lowest BCUT2D eigenvalue weighted by molar-refractivity contribution is -0.662. The van der Waals surface area contributed by atoms with Crippen molar-refractivity contribution in [1.29, 1.82) is 0 Å². The number of nitrogens with one attached hydrogen (secondary N) is 1. The molecule has 41 heavy (non-hydrogen) atoms. The maximum atomic E-state index is 13.3. The van der Waals surface area contributed by atoms with Gasteiger partial charge in [-0.2, -0.15) is 0 Å². The van der Waals surface area contributed by atoms with Gasteiger partial charge in [0.2, 0.25) is 0 Å². The number of oxime groups is 1. The summed E-state index contributed by atoms with van der Waals surface area (Å²) < 4.78 is 3.86. The molecule has 14 heteroatoms. The van der Waals surface area contributed by atoms with E-state index in [0.29, 0.717) is 17.9 Å². The number of aliphatic carboxylic acids is 1. The highest BCUT2D eigenvalue weighted by Crippen LogP contribution is 2.40. The van der Waals surface area contributed by atoms with Gasteiger partial charge in [-0.3, -0.25) is 14.5 Å². The van der Waals surface area contributed by atoms with Gasteiger partial charge in [0.1, 0.15) is 48.4 Å². The number of amides is 2. The predicted octanol–water partition coefficient (Wildman–Crippen LogP) is 1.63. The van der Waals surface area contributed by atoms with Gasteiger partial charge in [0, 0.05) is 22.8 Å². The van der Waals surface area contributed by atoms with Gasteiger partial charge in [0.15, 0.2) is 10.8 Å². The molecule has 3 aromatic heterocycles. The smallest absolute Gasteiger partial charge is 0.352 e. The number of hydrogen-bond donors (Lipinski definition) is 3. The molecule has 12 nitrogen and oxygen atoms in total. The van der Waals surface area contributed by atoms with Gasteiger partial charge in [-0.25, -0.2) is 18.7 Å². The maximum absolute atomic E-state index is 13.3. The van der Waals surface area contributed by atoms with E-state index in [-0.39, 0.29) is 28.8 Å². The van der Waals surface area contributed by atoms with Crippen molar-refractivity contribution in [2.75, 3.05) is 11.5 Å². The van der Waals surface area contributed by atoms with E-state index in [1.807, 2.05) is 76.1 Å². The lowest BCUT2D eigenvalue weighted by Gasteiger charge is -2.49. The summed E-state index contributed by atoms with van der Waals surface area (Å²) in [5.74, 6) is -2.00. The van der Waals surface area contributed by atoms with Gasteiger partial charge in [-0.1, -0.05) is 41.6 Å². The van der Waals surface area contributed by atoms with E-state index in [2.05, 4.69) is 15.5 Å². The Hall–Kier alpha value is -4.69. The van der Waals surface area contributed by atoms with Crippen LogP contribution in [0.2, 0.25) is 0 Å². The molecule has 2 atom stereocenters. The number of fused-ring (bicyclic) bond motifs is 2. The van der Waals surface area contributed by atoms with Crippen LogP contribution in [0.1, 0.15) is 11.3 Å². The molecule has 1 aromatic carbocycles. The molecule has 4 aromatic rings. The molecule has 1 saturated heterocycles. The molecule has 0 radical (unpaired) electrons. The van der Waals surface area contributed by atoms with E-state index in [1.165, 1.54) is 16.7 Å². The van der Waals surface area contributed by atoms with Crippen LogP contribution in [0, 0.1) is 0 Å². The predicted molar refractivity (Wildman–Crippen MR) is 152 cm³/mol. The molecule has 4 N–H and O–H groups in total. The number of carbonyl (C=O) groups excluding carboxylic acids is 2. The Bertz CT molecular complexity index is 1710. The molecule has 0 aliphatic carbocycles. The lowest BCUT2D eigenvalue weighted by atomic mass is 10.0. The fourth-order valence-corrected chi connectivity index (χ4v) is 6.63. The average molecular weight is 591 g/mol. The van der Waals surface area contributed by atoms with Gasteiger partial charge >= 0.3 is 5.97 Å². The first kappa shape index (κ1) is 26.5. The van der Waals surface area contributed by atoms with Crippen molar-refractivity contribution in [3.8, 4) is 0 Å². The number of rotatable bonds is 9. The highest BCUT2D eigenvalue weighted by atomic mass is 32.2. The summed E-state index contributed by atoms with van der Waals surface area (Å²) in [6, 6.07) is 14.1. The summed E-state index contributed by atoms with van der Waals surface area (Å²) in [6.45, 7) is 0.431. The fraction of sp³-hybridized carbons (Fsp3) is 0.185. The third-order valence-corrected chi connectivity index (χ3v) is 8.69. The second kappa shape index (κ2) is 11.1. The van der Waals surface area contributed by atoms with Gasteiger partial charge in [0.05, 0.1) is 6.20 Å². The van der Waals surface area contributed by atoms with Gasteiger partial charge in [-0.05, 0) is 11.6 Å². The fourth-order valence-electron chi connectivity index (χ4n) is 4.75. The number of anilines is 1. The van der Waals surface area contributed by atoms with Crippen LogP contribution in [0.4, 0.5) is 5.13 Å². The zero-order valence-electron chi connectivity index (χ0n) is 21.4. The summed E-state index contributed by atoms with van der Waals surface area (Å²) >= 11 is 2.53. The van der Waals surface area contributed by atoms with Crippen molar-refractivity contribution in [3.63, 3.8) is 0 Å². The van der Waals surface area contributed by atoms with Crippen molar-refractivity contribution in [2.24, 2.45) is 5.16 Å². The molecule has 0 saturated carbocycles. The summed E-state index contributed by atoms with van der Waals surface area (Å²) in [5.41, 5.74) is 8.14. The van der Waals surface area contributed by atoms with Gasteiger partial charge in [-0.15, -0.1) is 23.1 Å². The van der Waals surface area contributed by atoms with Crippen LogP contribution in [0.3, 0.4) is 0 Å². The number of carboxylic acids is 1. The average Bonchev–Trinajstić information content (AvgIpc) is 3.60. The monoisotopic (exact) mass is 590 g/mol. The molecule has 1 fully saturated rings. The molecule has 2 amide bonds. The second-order valence-corrected chi connectivity index (χ2v) is 11.3. The van der Waals surface area contributed by atoms with Gasteiger partial charge in [0.25, 0.3) is 17.5 Å². The van der Waals surface area contributed by atoms with Crippen LogP contribution in [0.25, 0.3) is 5.65 Å². The largest absolute Gasteiger partial charge is 0.477 e. The summed E-state index contributed by atoms with van der Waals surface area (Å²) in [4.78, 5) is 49.7. The van der Waals surface area contributed by atoms with E-state index < -0.39 is 29.2 Å². The van der Waals surface area contributed by atoms with Crippen LogP contribution in [-0.4, -0.2) is 60.1 Å². The SMILES string of the molecule is Nc1nc(/C(=N/OCc2ccccc2)C(=O)N[C@@H]2C(=O)N3C(C(=O)O)=C(C[n+]4ccn5ccccc54)CS[C@H]23)cs1. The Kier molecular flexibility index (Phi) is 7.15. The number of nitrogens with two attached hydrogens (primary N) is 1. The highest BCUT2D eigenvalue weighted by Gasteiger charge is 2.54. The maximum Gasteiger partial charge on any atom is 0.352 e. The molecular formula is C27H24N7O5S2+. The van der Waals surface area contributed by atoms with E-state index >= 15 is 0 Å². The molecule has 208 valence electrons. The third-order valence-electron chi connectivity index (χ3n) is 6.68. The minimum Gasteiger partial charge on any atom is -0.477 e. The third kappa shape index (κ3) is 5.14. The quantitative estimate of drug-likeness (QED) is 0.115. The summed E-state index contributed by atoms with van der Waals surface area (Å²) in [5, 5.41) is 18.0. The van der Waals surface area contributed by atoms with Crippen molar-refractivity contribution in [1.82, 2.24) is 19.6 Å². The molecule has 0 bridgehead atoms. The molecule has 0 unspecified atom stereocenters. The normalized spacial score (nSPS) is 18.7. The number of aromatic nitrogens is 3. The number of nitrogens with zero attached hydrogens (tertiary/aromatic N) is 5. The van der Waals surface area contributed by atoms with Crippen LogP contribution >= 0.6 is 23.1 Å². The first-order valence-electron chi connectivity index (χ1n) is 12.5. The van der Waals surface area contributed by atoms with E-state index in [1.54, 1.807) is 5.38 Å². The number of carboxylic acid groups (broad SMARTS) is 1. The number of thiazole rings is 1. The molecular weight excluding hydrogens is 566 g/mol. The van der Waals surface area contributed by atoms with Crippen molar-refractivity contribution >= 4 is 57.4 Å². The van der Waals surface area contributed by atoms with E-state index in [0.717, 1.165) is 22.5 Å². The van der Waals surface area contributed by atoms with Crippen molar-refractivity contribution < 1.29 is 28.9 Å². The summed E-state index contributed by atoms with van der Waals surface area (Å²) in [7, 11) is 0. The van der Waals surface area contributed by atoms with Gasteiger partial charge < -0.3 is 21.0 Å². The molecule has 2 aliphatic heterocycles. The first-order valence-corrected chi connectivity index (χ1v) is 14.4. The topological polar surface area (TPSA) is 155 Å². The molecule has 5 heterocycles. The Morgan fingerprint density at radius 2 is 2.00 bits per heavy atom. The Balaban J connectivity index is 1.20. The number of pyridine rings is 1. The van der Waals surface area contributed by atoms with E-state index in [9.17, 15) is 19.5 Å². The van der Waals surface area contributed by atoms with Crippen molar-refractivity contribution in [2.45, 2.75) is 24.6 Å². The zero-order chi connectivity index (χ0) is 28.5. The number of nitrogen functional groups attached to an aromatic ring is 1. The summed E-state index contributed by atoms with van der Waals surface area (Å²) in [6.07, 6.45) is 5.65. The number of β-lactam (4-membered cyclic amide) rings is 1. The van der Waals surface area contributed by atoms with Crippen LogP contribution in [0.15, 0.2) is 88.9 Å². The zero-order valence-corrected chi connectivity index (χ0v) is 23.0. The molecule has 2 aliphatic rings. The molecule has 6 rings (SSSR count). The van der Waals surface area contributed by atoms with Crippen LogP contribution in [0.5, 0.6) is 0 Å². The number of carbonyl (C=O) groups is 3. The number of hydrogen-bond acceptors (Lipinski definition) is 9. The minimum absolute atomic E-state index is 0.0561.